The summed E-state index contributed by atoms with van der Waals surface area (Å²) in [5.74, 6) is -0.613. The number of carbonyl (C=O) groups excluding carboxylic acids is 1. The first kappa shape index (κ1) is 13.0. The summed E-state index contributed by atoms with van der Waals surface area (Å²) in [6.07, 6.45) is 1.46. The molecule has 1 fully saturated rings. The molecule has 1 rings (SSSR count). The van der Waals surface area contributed by atoms with Gasteiger partial charge in [-0.2, -0.15) is 0 Å². The van der Waals surface area contributed by atoms with E-state index in [4.69, 9.17) is 5.11 Å². The Balaban J connectivity index is 2.39. The fraction of sp³-hybridized carbons (Fsp3) is 0.818. The van der Waals surface area contributed by atoms with E-state index in [0.717, 1.165) is 6.42 Å². The Hall–Kier alpha value is -1.10. The van der Waals surface area contributed by atoms with Gasteiger partial charge >= 0.3 is 5.97 Å². The van der Waals surface area contributed by atoms with Crippen molar-refractivity contribution in [2.45, 2.75) is 32.7 Å². The minimum atomic E-state index is -0.798. The van der Waals surface area contributed by atoms with Crippen molar-refractivity contribution in [2.75, 3.05) is 26.2 Å². The standard InChI is InChI=1S/C11H20N2O3/c1-3-4-10(14)13-7-5-12(6-8-13)9(2)11(15)16/h9H,3-8H2,1-2H3,(H,15,16). The van der Waals surface area contributed by atoms with Crippen molar-refractivity contribution < 1.29 is 14.7 Å². The number of aliphatic carboxylic acids is 1. The monoisotopic (exact) mass is 228 g/mol. The number of rotatable bonds is 4. The molecule has 1 aliphatic heterocycles. The molecule has 1 N–H and O–H groups in total. The number of amides is 1. The normalized spacial score (nSPS) is 19.5. The van der Waals surface area contributed by atoms with Gasteiger partial charge in [0.15, 0.2) is 0 Å². The van der Waals surface area contributed by atoms with Gasteiger partial charge in [-0.05, 0) is 13.3 Å². The highest BCUT2D eigenvalue weighted by molar-refractivity contribution is 5.76. The molecule has 5 nitrogen and oxygen atoms in total. The van der Waals surface area contributed by atoms with Crippen LogP contribution in [0.5, 0.6) is 0 Å². The van der Waals surface area contributed by atoms with Gasteiger partial charge in [0.1, 0.15) is 6.04 Å². The van der Waals surface area contributed by atoms with Gasteiger partial charge in [-0.15, -0.1) is 0 Å². The first-order valence-electron chi connectivity index (χ1n) is 5.81. The molecule has 0 spiro atoms. The van der Waals surface area contributed by atoms with Crippen LogP contribution in [0.2, 0.25) is 0 Å². The molecule has 1 unspecified atom stereocenters. The fourth-order valence-electron chi connectivity index (χ4n) is 1.89. The Labute approximate surface area is 96.0 Å². The van der Waals surface area contributed by atoms with E-state index in [1.165, 1.54) is 0 Å². The second-order valence-electron chi connectivity index (χ2n) is 4.18. The van der Waals surface area contributed by atoms with Crippen LogP contribution in [0.25, 0.3) is 0 Å². The van der Waals surface area contributed by atoms with Crippen molar-refractivity contribution in [3.63, 3.8) is 0 Å². The average Bonchev–Trinajstić information content (AvgIpc) is 2.28. The molecule has 1 atom stereocenters. The zero-order valence-electron chi connectivity index (χ0n) is 9.98. The van der Waals surface area contributed by atoms with Gasteiger partial charge in [-0.3, -0.25) is 14.5 Å². The van der Waals surface area contributed by atoms with Crippen molar-refractivity contribution in [3.05, 3.63) is 0 Å². The van der Waals surface area contributed by atoms with Crippen LogP contribution in [0.15, 0.2) is 0 Å². The van der Waals surface area contributed by atoms with Crippen molar-refractivity contribution in [2.24, 2.45) is 0 Å². The van der Waals surface area contributed by atoms with Crippen LogP contribution in [-0.4, -0.2) is 59.0 Å². The fourth-order valence-corrected chi connectivity index (χ4v) is 1.89. The molecule has 1 heterocycles. The summed E-state index contributed by atoms with van der Waals surface area (Å²) in [5.41, 5.74) is 0. The van der Waals surface area contributed by atoms with E-state index < -0.39 is 12.0 Å². The number of hydrogen-bond acceptors (Lipinski definition) is 3. The molecule has 5 heteroatoms. The number of carboxylic acids is 1. The lowest BCUT2D eigenvalue weighted by Crippen LogP contribution is -2.53. The van der Waals surface area contributed by atoms with E-state index in [9.17, 15) is 9.59 Å². The second-order valence-corrected chi connectivity index (χ2v) is 4.18. The molecular weight excluding hydrogens is 208 g/mol. The summed E-state index contributed by atoms with van der Waals surface area (Å²) in [5, 5.41) is 8.87. The van der Waals surface area contributed by atoms with Crippen molar-refractivity contribution in [3.8, 4) is 0 Å². The Kier molecular flexibility index (Phi) is 4.73. The van der Waals surface area contributed by atoms with Crippen molar-refractivity contribution in [1.82, 2.24) is 9.80 Å². The lowest BCUT2D eigenvalue weighted by atomic mass is 10.2. The van der Waals surface area contributed by atoms with Crippen molar-refractivity contribution in [1.29, 1.82) is 0 Å². The zero-order chi connectivity index (χ0) is 12.1. The predicted octanol–water partition coefficient (Wildman–Crippen LogP) is 0.404. The van der Waals surface area contributed by atoms with Crippen LogP contribution in [-0.2, 0) is 9.59 Å². The van der Waals surface area contributed by atoms with Crippen LogP contribution in [0, 0.1) is 0 Å². The first-order chi connectivity index (χ1) is 7.56. The van der Waals surface area contributed by atoms with Gasteiger partial charge in [-0.25, -0.2) is 0 Å². The average molecular weight is 228 g/mol. The van der Waals surface area contributed by atoms with E-state index >= 15 is 0 Å². The third-order valence-corrected chi connectivity index (χ3v) is 3.04. The van der Waals surface area contributed by atoms with Crippen molar-refractivity contribution >= 4 is 11.9 Å². The van der Waals surface area contributed by atoms with Crippen LogP contribution in [0.1, 0.15) is 26.7 Å². The van der Waals surface area contributed by atoms with E-state index in [1.54, 1.807) is 6.92 Å². The highest BCUT2D eigenvalue weighted by atomic mass is 16.4. The largest absolute Gasteiger partial charge is 0.480 e. The Morgan fingerprint density at radius 3 is 2.25 bits per heavy atom. The van der Waals surface area contributed by atoms with E-state index in [2.05, 4.69) is 0 Å². The van der Waals surface area contributed by atoms with Crippen LogP contribution in [0.4, 0.5) is 0 Å². The quantitative estimate of drug-likeness (QED) is 0.757. The molecular formula is C11H20N2O3. The lowest BCUT2D eigenvalue weighted by molar-refractivity contribution is -0.144. The van der Waals surface area contributed by atoms with Gasteiger partial charge in [-0.1, -0.05) is 6.92 Å². The second kappa shape index (κ2) is 5.84. The van der Waals surface area contributed by atoms with Gasteiger partial charge in [0.05, 0.1) is 0 Å². The Bertz CT molecular complexity index is 260. The predicted molar refractivity (Wildman–Crippen MR) is 60.2 cm³/mol. The van der Waals surface area contributed by atoms with Crippen LogP contribution < -0.4 is 0 Å². The van der Waals surface area contributed by atoms with Crippen LogP contribution >= 0.6 is 0 Å². The smallest absolute Gasteiger partial charge is 0.320 e. The molecule has 0 aromatic heterocycles. The maximum atomic E-state index is 11.6. The zero-order valence-corrected chi connectivity index (χ0v) is 9.98. The van der Waals surface area contributed by atoms with E-state index in [-0.39, 0.29) is 5.91 Å². The third-order valence-electron chi connectivity index (χ3n) is 3.04. The highest BCUT2D eigenvalue weighted by Gasteiger charge is 2.26. The molecule has 0 bridgehead atoms. The minimum Gasteiger partial charge on any atom is -0.480 e. The minimum absolute atomic E-state index is 0.185. The first-order valence-corrected chi connectivity index (χ1v) is 5.81. The summed E-state index contributed by atoms with van der Waals surface area (Å²) >= 11 is 0. The summed E-state index contributed by atoms with van der Waals surface area (Å²) < 4.78 is 0. The van der Waals surface area contributed by atoms with Gasteiger partial charge in [0.25, 0.3) is 0 Å². The molecule has 0 aromatic rings. The summed E-state index contributed by atoms with van der Waals surface area (Å²) in [7, 11) is 0. The topological polar surface area (TPSA) is 60.9 Å². The number of carbonyl (C=O) groups is 2. The Morgan fingerprint density at radius 1 is 1.25 bits per heavy atom. The highest BCUT2D eigenvalue weighted by Crippen LogP contribution is 2.08. The van der Waals surface area contributed by atoms with Gasteiger partial charge in [0.2, 0.25) is 5.91 Å². The van der Waals surface area contributed by atoms with E-state index in [0.29, 0.717) is 32.6 Å². The third kappa shape index (κ3) is 3.20. The van der Waals surface area contributed by atoms with Gasteiger partial charge in [0, 0.05) is 32.6 Å². The molecule has 16 heavy (non-hydrogen) atoms. The molecule has 0 radical (unpaired) electrons. The molecule has 1 aliphatic rings. The lowest BCUT2D eigenvalue weighted by Gasteiger charge is -2.36. The SMILES string of the molecule is CCCC(=O)N1CCN(C(C)C(=O)O)CC1. The summed E-state index contributed by atoms with van der Waals surface area (Å²) in [6, 6.07) is -0.455. The summed E-state index contributed by atoms with van der Waals surface area (Å²) in [6.45, 7) is 6.28. The number of nitrogens with zero attached hydrogens (tertiary/aromatic N) is 2. The number of carboxylic acid groups (broad SMARTS) is 1. The number of hydrogen-bond donors (Lipinski definition) is 1. The number of piperazine rings is 1. The summed E-state index contributed by atoms with van der Waals surface area (Å²) in [4.78, 5) is 26.1. The Morgan fingerprint density at radius 2 is 1.81 bits per heavy atom. The molecule has 1 amide bonds. The molecule has 0 aromatic carbocycles. The molecule has 0 saturated carbocycles. The van der Waals surface area contributed by atoms with Crippen LogP contribution in [0.3, 0.4) is 0 Å². The maximum Gasteiger partial charge on any atom is 0.320 e. The van der Waals surface area contributed by atoms with E-state index in [1.807, 2.05) is 16.7 Å². The van der Waals surface area contributed by atoms with Gasteiger partial charge < -0.3 is 10.0 Å². The molecule has 92 valence electrons. The molecule has 0 aliphatic carbocycles. The molecule has 1 saturated heterocycles. The maximum absolute atomic E-state index is 11.6.